The molecule has 2 atom stereocenters. The number of benzene rings is 3. The summed E-state index contributed by atoms with van der Waals surface area (Å²) in [6.07, 6.45) is -5.97. The van der Waals surface area contributed by atoms with Crippen LogP contribution in [-0.2, 0) is 40.0 Å². The standard InChI is InChI=1S/C27H26F3N3O4/c28-27(29,30)21-14-8-7-13-20(21)16-22(24(31)34)32-25(35)23(15-18-9-3-1-4-10-18)33-26(36)37-17-19-11-5-2-6-12-19/h1-14,22-23H,15-17H2,(H2,31,34)(H,32,35)(H,33,36)/t22-,23+/m1/s1. The Morgan fingerprint density at radius 1 is 0.757 bits per heavy atom. The van der Waals surface area contributed by atoms with Gasteiger partial charge >= 0.3 is 12.3 Å². The lowest BCUT2D eigenvalue weighted by Crippen LogP contribution is -2.54. The van der Waals surface area contributed by atoms with Crippen molar-refractivity contribution in [3.8, 4) is 0 Å². The van der Waals surface area contributed by atoms with Crippen molar-refractivity contribution >= 4 is 17.9 Å². The van der Waals surface area contributed by atoms with Gasteiger partial charge < -0.3 is 21.1 Å². The van der Waals surface area contributed by atoms with Crippen LogP contribution in [0.3, 0.4) is 0 Å². The SMILES string of the molecule is NC(=O)[C@@H](Cc1ccccc1C(F)(F)F)NC(=O)[C@H](Cc1ccccc1)NC(=O)OCc1ccccc1. The minimum Gasteiger partial charge on any atom is -0.445 e. The zero-order chi connectivity index (χ0) is 26.8. The Morgan fingerprint density at radius 3 is 1.92 bits per heavy atom. The number of primary amides is 1. The molecule has 0 aromatic heterocycles. The summed E-state index contributed by atoms with van der Waals surface area (Å²) in [5.41, 5.74) is 5.71. The molecule has 0 spiro atoms. The number of halogens is 3. The highest BCUT2D eigenvalue weighted by molar-refractivity contribution is 5.91. The topological polar surface area (TPSA) is 111 Å². The van der Waals surface area contributed by atoms with E-state index in [0.29, 0.717) is 5.56 Å². The van der Waals surface area contributed by atoms with E-state index in [0.717, 1.165) is 11.6 Å². The Hall–Kier alpha value is -4.34. The molecule has 3 aromatic carbocycles. The smallest absolute Gasteiger partial charge is 0.416 e. The molecule has 0 aliphatic carbocycles. The van der Waals surface area contributed by atoms with Crippen molar-refractivity contribution in [3.63, 3.8) is 0 Å². The van der Waals surface area contributed by atoms with E-state index in [1.807, 2.05) is 6.07 Å². The zero-order valence-corrected chi connectivity index (χ0v) is 19.7. The molecule has 0 unspecified atom stereocenters. The number of alkyl carbamates (subject to hydrolysis) is 1. The summed E-state index contributed by atoms with van der Waals surface area (Å²) in [5, 5.41) is 4.87. The second kappa shape index (κ2) is 12.6. The third-order valence-electron chi connectivity index (χ3n) is 5.51. The molecule has 4 N–H and O–H groups in total. The second-order valence-corrected chi connectivity index (χ2v) is 8.27. The number of amides is 3. The van der Waals surface area contributed by atoms with Gasteiger partial charge in [0.2, 0.25) is 11.8 Å². The van der Waals surface area contributed by atoms with Crippen molar-refractivity contribution in [2.75, 3.05) is 0 Å². The number of nitrogens with two attached hydrogens (primary N) is 1. The Kier molecular flexibility index (Phi) is 9.26. The first-order valence-electron chi connectivity index (χ1n) is 11.4. The molecular weight excluding hydrogens is 487 g/mol. The van der Waals surface area contributed by atoms with Crippen molar-refractivity contribution in [3.05, 3.63) is 107 Å². The lowest BCUT2D eigenvalue weighted by Gasteiger charge is -2.23. The highest BCUT2D eigenvalue weighted by Gasteiger charge is 2.34. The van der Waals surface area contributed by atoms with Crippen LogP contribution in [-0.4, -0.2) is 30.0 Å². The van der Waals surface area contributed by atoms with Gasteiger partial charge in [0.1, 0.15) is 18.7 Å². The van der Waals surface area contributed by atoms with Crippen molar-refractivity contribution < 1.29 is 32.3 Å². The quantitative estimate of drug-likeness (QED) is 0.384. The van der Waals surface area contributed by atoms with Crippen molar-refractivity contribution in [1.82, 2.24) is 10.6 Å². The summed E-state index contributed by atoms with van der Waals surface area (Å²) in [6.45, 7) is -0.0372. The van der Waals surface area contributed by atoms with Crippen LogP contribution in [0.5, 0.6) is 0 Å². The summed E-state index contributed by atoms with van der Waals surface area (Å²) in [4.78, 5) is 37.7. The molecule has 3 rings (SSSR count). The molecule has 0 aliphatic heterocycles. The van der Waals surface area contributed by atoms with E-state index in [4.69, 9.17) is 10.5 Å². The maximum atomic E-state index is 13.4. The van der Waals surface area contributed by atoms with Gasteiger partial charge in [-0.15, -0.1) is 0 Å². The molecule has 194 valence electrons. The van der Waals surface area contributed by atoms with Gasteiger partial charge in [-0.1, -0.05) is 78.9 Å². The Morgan fingerprint density at radius 2 is 1.32 bits per heavy atom. The summed E-state index contributed by atoms with van der Waals surface area (Å²) in [6, 6.07) is 19.7. The molecule has 0 bridgehead atoms. The molecule has 0 saturated heterocycles. The van der Waals surface area contributed by atoms with Gasteiger partial charge in [0.05, 0.1) is 5.56 Å². The number of ether oxygens (including phenoxy) is 1. The summed E-state index contributed by atoms with van der Waals surface area (Å²) < 4.78 is 45.4. The van der Waals surface area contributed by atoms with Crippen LogP contribution in [0.4, 0.5) is 18.0 Å². The van der Waals surface area contributed by atoms with E-state index in [1.54, 1.807) is 54.6 Å². The van der Waals surface area contributed by atoms with Crippen LogP contribution in [0, 0.1) is 0 Å². The van der Waals surface area contributed by atoms with Crippen molar-refractivity contribution in [2.24, 2.45) is 5.73 Å². The normalized spacial score (nSPS) is 12.7. The monoisotopic (exact) mass is 513 g/mol. The summed E-state index contributed by atoms with van der Waals surface area (Å²) in [7, 11) is 0. The number of hydrogen-bond acceptors (Lipinski definition) is 4. The third kappa shape index (κ3) is 8.38. The first kappa shape index (κ1) is 27.3. The first-order chi connectivity index (χ1) is 17.6. The molecule has 0 heterocycles. The highest BCUT2D eigenvalue weighted by Crippen LogP contribution is 2.32. The third-order valence-corrected chi connectivity index (χ3v) is 5.51. The fourth-order valence-corrected chi connectivity index (χ4v) is 3.66. The van der Waals surface area contributed by atoms with E-state index >= 15 is 0 Å². The van der Waals surface area contributed by atoms with E-state index in [1.165, 1.54) is 18.2 Å². The minimum atomic E-state index is -4.65. The predicted molar refractivity (Wildman–Crippen MR) is 130 cm³/mol. The van der Waals surface area contributed by atoms with Crippen LogP contribution >= 0.6 is 0 Å². The van der Waals surface area contributed by atoms with Crippen molar-refractivity contribution in [1.29, 1.82) is 0 Å². The first-order valence-corrected chi connectivity index (χ1v) is 11.4. The average Bonchev–Trinajstić information content (AvgIpc) is 2.87. The van der Waals surface area contributed by atoms with Crippen molar-refractivity contribution in [2.45, 2.75) is 37.7 Å². The molecule has 37 heavy (non-hydrogen) atoms. The fourth-order valence-electron chi connectivity index (χ4n) is 3.66. The number of hydrogen-bond donors (Lipinski definition) is 3. The Bertz CT molecular complexity index is 1200. The van der Waals surface area contributed by atoms with Gasteiger partial charge in [-0.3, -0.25) is 9.59 Å². The number of rotatable bonds is 10. The van der Waals surface area contributed by atoms with Gasteiger partial charge in [-0.25, -0.2) is 4.79 Å². The molecule has 0 fully saturated rings. The molecule has 0 saturated carbocycles. The fraction of sp³-hybridized carbons (Fsp3) is 0.222. The molecular formula is C27H26F3N3O4. The molecule has 10 heteroatoms. The molecule has 3 aromatic rings. The maximum absolute atomic E-state index is 13.4. The summed E-state index contributed by atoms with van der Waals surface area (Å²) in [5.74, 6) is -1.82. The van der Waals surface area contributed by atoms with Gasteiger partial charge in [0.15, 0.2) is 0 Å². The van der Waals surface area contributed by atoms with Crippen LogP contribution < -0.4 is 16.4 Å². The van der Waals surface area contributed by atoms with Crippen LogP contribution in [0.1, 0.15) is 22.3 Å². The number of carbonyl (C=O) groups excluding carboxylic acids is 3. The number of nitrogens with one attached hydrogen (secondary N) is 2. The highest BCUT2D eigenvalue weighted by atomic mass is 19.4. The molecule has 0 radical (unpaired) electrons. The molecule has 7 nitrogen and oxygen atoms in total. The van der Waals surface area contributed by atoms with Crippen LogP contribution in [0.2, 0.25) is 0 Å². The Balaban J connectivity index is 1.75. The van der Waals surface area contributed by atoms with Crippen LogP contribution in [0.25, 0.3) is 0 Å². The lowest BCUT2D eigenvalue weighted by molar-refractivity contribution is -0.138. The van der Waals surface area contributed by atoms with Gasteiger partial charge in [-0.2, -0.15) is 13.2 Å². The lowest BCUT2D eigenvalue weighted by atomic mass is 9.98. The van der Waals surface area contributed by atoms with E-state index in [9.17, 15) is 27.6 Å². The molecule has 3 amide bonds. The second-order valence-electron chi connectivity index (χ2n) is 8.27. The summed E-state index contributed by atoms with van der Waals surface area (Å²) >= 11 is 0. The number of carbonyl (C=O) groups is 3. The average molecular weight is 514 g/mol. The van der Waals surface area contributed by atoms with E-state index in [2.05, 4.69) is 10.6 Å². The van der Waals surface area contributed by atoms with E-state index in [-0.39, 0.29) is 18.6 Å². The van der Waals surface area contributed by atoms with Gasteiger partial charge in [0, 0.05) is 12.8 Å². The molecule has 0 aliphatic rings. The largest absolute Gasteiger partial charge is 0.445 e. The number of alkyl halides is 3. The maximum Gasteiger partial charge on any atom is 0.416 e. The van der Waals surface area contributed by atoms with Crippen LogP contribution in [0.15, 0.2) is 84.9 Å². The predicted octanol–water partition coefficient (Wildman–Crippen LogP) is 3.76. The Labute approximate surface area is 211 Å². The van der Waals surface area contributed by atoms with E-state index < -0.39 is 48.2 Å². The zero-order valence-electron chi connectivity index (χ0n) is 19.7. The van der Waals surface area contributed by atoms with Gasteiger partial charge in [0.25, 0.3) is 0 Å². The minimum absolute atomic E-state index is 0.0372. The van der Waals surface area contributed by atoms with Gasteiger partial charge in [-0.05, 0) is 22.8 Å².